The van der Waals surface area contributed by atoms with Crippen molar-refractivity contribution in [3.8, 4) is 0 Å². The molecule has 0 amide bonds. The maximum Gasteiger partial charge on any atom is 0.472 e. The summed E-state index contributed by atoms with van der Waals surface area (Å²) in [5, 5.41) is 8.49. The first-order chi connectivity index (χ1) is 9.84. The number of carbonyl (C=O) groups excluding carboxylic acids is 2. The number of aliphatic hydroxyl groups excluding tert-OH is 1. The van der Waals surface area contributed by atoms with Gasteiger partial charge in [0, 0.05) is 12.8 Å². The van der Waals surface area contributed by atoms with Crippen molar-refractivity contribution in [3.63, 3.8) is 0 Å². The SMILES string of the molecule is CCC(=O)OCC(COP(=O)(O)OCCO)OC(=O)CC. The molecule has 0 aliphatic heterocycles. The van der Waals surface area contributed by atoms with E-state index in [-0.39, 0.29) is 26.1 Å². The first-order valence-electron chi connectivity index (χ1n) is 6.42. The molecule has 0 bridgehead atoms. The highest BCUT2D eigenvalue weighted by atomic mass is 31.2. The summed E-state index contributed by atoms with van der Waals surface area (Å²) in [6.45, 7) is 1.56. The Bertz CT molecular complexity index is 371. The largest absolute Gasteiger partial charge is 0.472 e. The molecule has 0 aromatic carbocycles. The van der Waals surface area contributed by atoms with Crippen LogP contribution in [0.1, 0.15) is 26.7 Å². The topological polar surface area (TPSA) is 129 Å². The maximum absolute atomic E-state index is 11.4. The van der Waals surface area contributed by atoms with Gasteiger partial charge in [-0.05, 0) is 0 Å². The van der Waals surface area contributed by atoms with Crippen molar-refractivity contribution in [2.45, 2.75) is 32.8 Å². The Morgan fingerprint density at radius 3 is 2.24 bits per heavy atom. The quantitative estimate of drug-likeness (QED) is 0.408. The third-order valence-corrected chi connectivity index (χ3v) is 3.06. The maximum atomic E-state index is 11.4. The Kier molecular flexibility index (Phi) is 10.2. The number of carbonyl (C=O) groups is 2. The van der Waals surface area contributed by atoms with E-state index in [1.54, 1.807) is 13.8 Å². The zero-order valence-corrected chi connectivity index (χ0v) is 12.9. The van der Waals surface area contributed by atoms with Crippen LogP contribution in [0.3, 0.4) is 0 Å². The van der Waals surface area contributed by atoms with E-state index >= 15 is 0 Å². The minimum Gasteiger partial charge on any atom is -0.462 e. The summed E-state index contributed by atoms with van der Waals surface area (Å²) in [5.41, 5.74) is 0. The highest BCUT2D eigenvalue weighted by Crippen LogP contribution is 2.43. The molecule has 0 saturated carbocycles. The number of rotatable bonds is 11. The van der Waals surface area contributed by atoms with Crippen molar-refractivity contribution in [2.24, 2.45) is 0 Å². The van der Waals surface area contributed by atoms with E-state index in [1.807, 2.05) is 0 Å². The van der Waals surface area contributed by atoms with Gasteiger partial charge in [-0.3, -0.25) is 18.6 Å². The average Bonchev–Trinajstić information content (AvgIpc) is 2.47. The average molecular weight is 328 g/mol. The molecule has 2 N–H and O–H groups in total. The lowest BCUT2D eigenvalue weighted by atomic mass is 10.4. The Hall–Kier alpha value is -0.990. The van der Waals surface area contributed by atoms with Crippen molar-refractivity contribution < 1.29 is 42.7 Å². The minimum absolute atomic E-state index is 0.0933. The zero-order valence-electron chi connectivity index (χ0n) is 12.0. The number of ether oxygens (including phenoxy) is 2. The molecule has 0 heterocycles. The van der Waals surface area contributed by atoms with Crippen LogP contribution in [0.25, 0.3) is 0 Å². The molecule has 0 aliphatic rings. The Morgan fingerprint density at radius 2 is 1.71 bits per heavy atom. The number of hydrogen-bond donors (Lipinski definition) is 2. The molecule has 9 nitrogen and oxygen atoms in total. The lowest BCUT2D eigenvalue weighted by Gasteiger charge is -2.19. The van der Waals surface area contributed by atoms with Gasteiger partial charge in [-0.15, -0.1) is 0 Å². The number of phosphoric ester groups is 1. The van der Waals surface area contributed by atoms with Crippen molar-refractivity contribution >= 4 is 19.8 Å². The highest BCUT2D eigenvalue weighted by molar-refractivity contribution is 7.47. The van der Waals surface area contributed by atoms with E-state index in [1.165, 1.54) is 0 Å². The third-order valence-electron chi connectivity index (χ3n) is 2.07. The molecule has 0 aliphatic carbocycles. The zero-order chi connectivity index (χ0) is 16.3. The Labute approximate surface area is 122 Å². The molecule has 2 unspecified atom stereocenters. The molecule has 0 saturated heterocycles. The van der Waals surface area contributed by atoms with Crippen LogP contribution in [0.2, 0.25) is 0 Å². The Morgan fingerprint density at radius 1 is 1.10 bits per heavy atom. The van der Waals surface area contributed by atoms with Gasteiger partial charge in [0.15, 0.2) is 6.10 Å². The van der Waals surface area contributed by atoms with Crippen molar-refractivity contribution in [1.29, 1.82) is 0 Å². The van der Waals surface area contributed by atoms with Gasteiger partial charge in [0.05, 0.1) is 19.8 Å². The van der Waals surface area contributed by atoms with E-state index in [0.29, 0.717) is 0 Å². The van der Waals surface area contributed by atoms with Gasteiger partial charge in [0.2, 0.25) is 0 Å². The first-order valence-corrected chi connectivity index (χ1v) is 7.92. The molecule has 0 aromatic heterocycles. The standard InChI is InChI=1S/C11H21O9P/c1-3-10(13)17-7-9(20-11(14)4-2)8-19-21(15,16)18-6-5-12/h9,12H,3-8H2,1-2H3,(H,15,16). The molecule has 0 radical (unpaired) electrons. The molecule has 0 fully saturated rings. The molecular formula is C11H21O9P. The predicted molar refractivity (Wildman–Crippen MR) is 70.2 cm³/mol. The van der Waals surface area contributed by atoms with Crippen LogP contribution in [-0.2, 0) is 32.7 Å². The monoisotopic (exact) mass is 328 g/mol. The second-order valence-corrected chi connectivity index (χ2v) is 5.28. The van der Waals surface area contributed by atoms with Crippen LogP contribution in [-0.4, -0.2) is 54.5 Å². The summed E-state index contributed by atoms with van der Waals surface area (Å²) < 4.78 is 30.1. The van der Waals surface area contributed by atoms with Gasteiger partial charge < -0.3 is 19.5 Å². The molecule has 124 valence electrons. The molecule has 0 aromatic rings. The van der Waals surface area contributed by atoms with Crippen LogP contribution in [0.5, 0.6) is 0 Å². The van der Waals surface area contributed by atoms with Gasteiger partial charge in [-0.25, -0.2) is 4.57 Å². The van der Waals surface area contributed by atoms with Crippen molar-refractivity contribution in [3.05, 3.63) is 0 Å². The fraction of sp³-hybridized carbons (Fsp3) is 0.818. The van der Waals surface area contributed by atoms with Crippen molar-refractivity contribution in [1.82, 2.24) is 0 Å². The van der Waals surface area contributed by atoms with Gasteiger partial charge in [-0.2, -0.15) is 0 Å². The van der Waals surface area contributed by atoms with Crippen LogP contribution in [0.4, 0.5) is 0 Å². The van der Waals surface area contributed by atoms with Crippen LogP contribution >= 0.6 is 7.82 Å². The summed E-state index contributed by atoms with van der Waals surface area (Å²) in [6, 6.07) is 0. The number of hydrogen-bond acceptors (Lipinski definition) is 8. The Balaban J connectivity index is 4.41. The molecule has 0 spiro atoms. The third kappa shape index (κ3) is 10.4. The summed E-state index contributed by atoms with van der Waals surface area (Å²) >= 11 is 0. The van der Waals surface area contributed by atoms with E-state index in [2.05, 4.69) is 9.05 Å². The minimum atomic E-state index is -4.36. The molecular weight excluding hydrogens is 307 g/mol. The predicted octanol–water partition coefficient (Wildman–Crippen LogP) is 0.387. The molecule has 10 heteroatoms. The lowest BCUT2D eigenvalue weighted by Crippen LogP contribution is -2.29. The smallest absolute Gasteiger partial charge is 0.462 e. The van der Waals surface area contributed by atoms with E-state index in [4.69, 9.17) is 14.6 Å². The summed E-state index contributed by atoms with van der Waals surface area (Å²) in [7, 11) is -4.36. The van der Waals surface area contributed by atoms with E-state index in [0.717, 1.165) is 0 Å². The fourth-order valence-corrected chi connectivity index (χ4v) is 1.79. The van der Waals surface area contributed by atoms with E-state index < -0.39 is 39.1 Å². The molecule has 2 atom stereocenters. The van der Waals surface area contributed by atoms with Crippen molar-refractivity contribution in [2.75, 3.05) is 26.4 Å². The second kappa shape index (κ2) is 10.7. The van der Waals surface area contributed by atoms with E-state index in [9.17, 15) is 19.0 Å². The summed E-state index contributed by atoms with van der Waals surface area (Å²) in [6.07, 6.45) is -0.783. The number of aliphatic hydroxyl groups is 1. The van der Waals surface area contributed by atoms with Gasteiger partial charge in [-0.1, -0.05) is 13.8 Å². The number of phosphoric acid groups is 1. The normalized spacial score (nSPS) is 15.0. The van der Waals surface area contributed by atoms with Crippen LogP contribution < -0.4 is 0 Å². The molecule has 21 heavy (non-hydrogen) atoms. The first kappa shape index (κ1) is 20.0. The van der Waals surface area contributed by atoms with Gasteiger partial charge in [0.25, 0.3) is 0 Å². The number of esters is 2. The lowest BCUT2D eigenvalue weighted by molar-refractivity contribution is -0.160. The van der Waals surface area contributed by atoms with Crippen LogP contribution in [0, 0.1) is 0 Å². The van der Waals surface area contributed by atoms with Crippen LogP contribution in [0.15, 0.2) is 0 Å². The second-order valence-electron chi connectivity index (χ2n) is 3.82. The molecule has 0 rings (SSSR count). The summed E-state index contributed by atoms with van der Waals surface area (Å²) in [5.74, 6) is -1.07. The fourth-order valence-electron chi connectivity index (χ4n) is 1.04. The summed E-state index contributed by atoms with van der Waals surface area (Å²) in [4.78, 5) is 31.5. The van der Waals surface area contributed by atoms with Gasteiger partial charge >= 0.3 is 19.8 Å². The highest BCUT2D eigenvalue weighted by Gasteiger charge is 2.25. The van der Waals surface area contributed by atoms with Gasteiger partial charge in [0.1, 0.15) is 6.61 Å².